The summed E-state index contributed by atoms with van der Waals surface area (Å²) in [5.41, 5.74) is 0.865. The molecule has 1 rings (SSSR count). The summed E-state index contributed by atoms with van der Waals surface area (Å²) in [6.45, 7) is 4.14. The normalized spacial score (nSPS) is 10.5. The predicted octanol–water partition coefficient (Wildman–Crippen LogP) is 2.68. The molecule has 0 saturated carbocycles. The van der Waals surface area contributed by atoms with Crippen molar-refractivity contribution in [3.8, 4) is 5.75 Å². The number of hydrogen-bond acceptors (Lipinski definition) is 5. The van der Waals surface area contributed by atoms with Crippen LogP contribution in [0.5, 0.6) is 5.75 Å². The van der Waals surface area contributed by atoms with E-state index in [0.717, 1.165) is 12.8 Å². The molecule has 0 atom stereocenters. The van der Waals surface area contributed by atoms with E-state index in [1.54, 1.807) is 25.3 Å². The maximum Gasteiger partial charge on any atom is 0.338 e. The number of rotatable bonds is 8. The zero-order valence-corrected chi connectivity index (χ0v) is 13.2. The topological polar surface area (TPSA) is 77.0 Å². The molecule has 0 unspecified atom stereocenters. The van der Waals surface area contributed by atoms with Gasteiger partial charge in [-0.25, -0.2) is 4.79 Å². The average Bonchev–Trinajstić information content (AvgIpc) is 2.52. The third kappa shape index (κ3) is 5.55. The summed E-state index contributed by atoms with van der Waals surface area (Å²) in [6.07, 6.45) is 3.58. The smallest absolute Gasteiger partial charge is 0.338 e. The van der Waals surface area contributed by atoms with Crippen LogP contribution in [0.1, 0.15) is 37.0 Å². The maximum atomic E-state index is 11.8. The second-order valence-corrected chi connectivity index (χ2v) is 4.50. The number of hydrogen-bond donors (Lipinski definition) is 1. The molecule has 0 heterocycles. The van der Waals surface area contributed by atoms with Gasteiger partial charge < -0.3 is 14.8 Å². The molecule has 22 heavy (non-hydrogen) atoms. The molecule has 0 bridgehead atoms. The summed E-state index contributed by atoms with van der Waals surface area (Å²) in [7, 11) is 1.47. The van der Waals surface area contributed by atoms with Crippen molar-refractivity contribution < 1.29 is 19.1 Å². The summed E-state index contributed by atoms with van der Waals surface area (Å²) in [4.78, 5) is 27.5. The van der Waals surface area contributed by atoms with Gasteiger partial charge in [-0.05, 0) is 37.8 Å². The second-order valence-electron chi connectivity index (χ2n) is 4.50. The first-order valence-corrected chi connectivity index (χ1v) is 7.25. The maximum absolute atomic E-state index is 11.8. The first-order valence-electron chi connectivity index (χ1n) is 7.25. The highest BCUT2D eigenvalue weighted by molar-refractivity contribution is 5.96. The predicted molar refractivity (Wildman–Crippen MR) is 85.8 cm³/mol. The Balaban J connectivity index is 2.74. The molecule has 1 amide bonds. The van der Waals surface area contributed by atoms with E-state index in [0.29, 0.717) is 23.6 Å². The molecule has 1 N–H and O–H groups in total. The fourth-order valence-electron chi connectivity index (χ4n) is 1.69. The van der Waals surface area contributed by atoms with Gasteiger partial charge in [-0.15, -0.1) is 0 Å². The molecule has 1 aromatic carbocycles. The average molecular weight is 306 g/mol. The van der Waals surface area contributed by atoms with Crippen molar-refractivity contribution in [3.05, 3.63) is 23.8 Å². The van der Waals surface area contributed by atoms with Gasteiger partial charge in [-0.1, -0.05) is 13.3 Å². The Morgan fingerprint density at radius 1 is 1.32 bits per heavy atom. The first kappa shape index (κ1) is 17.7. The van der Waals surface area contributed by atoms with Gasteiger partial charge in [0.15, 0.2) is 0 Å². The molecule has 0 aromatic heterocycles. The van der Waals surface area contributed by atoms with Crippen molar-refractivity contribution in [2.45, 2.75) is 26.7 Å². The van der Waals surface area contributed by atoms with Gasteiger partial charge in [0.05, 0.1) is 25.0 Å². The van der Waals surface area contributed by atoms with E-state index in [2.05, 4.69) is 10.3 Å². The molecule has 0 radical (unpaired) electrons. The van der Waals surface area contributed by atoms with Gasteiger partial charge >= 0.3 is 5.97 Å². The Bertz CT molecular complexity index is 541. The molecule has 6 nitrogen and oxygen atoms in total. The Kier molecular flexibility index (Phi) is 7.67. The highest BCUT2D eigenvalue weighted by atomic mass is 16.5. The lowest BCUT2D eigenvalue weighted by Crippen LogP contribution is -2.16. The van der Waals surface area contributed by atoms with Gasteiger partial charge in [-0.2, -0.15) is 0 Å². The number of amides is 1. The van der Waals surface area contributed by atoms with Crippen LogP contribution in [0.3, 0.4) is 0 Å². The van der Waals surface area contributed by atoms with Crippen molar-refractivity contribution in [1.82, 2.24) is 0 Å². The van der Waals surface area contributed by atoms with E-state index >= 15 is 0 Å². The van der Waals surface area contributed by atoms with E-state index in [-0.39, 0.29) is 12.5 Å². The SMILES string of the molecule is CCCC=NCC(=O)Nc1ccc(C(=O)OCC)cc1OC. The lowest BCUT2D eigenvalue weighted by molar-refractivity contribution is -0.114. The largest absolute Gasteiger partial charge is 0.495 e. The number of anilines is 1. The highest BCUT2D eigenvalue weighted by Gasteiger charge is 2.12. The van der Waals surface area contributed by atoms with E-state index in [4.69, 9.17) is 9.47 Å². The molecular formula is C16H22N2O4. The summed E-state index contributed by atoms with van der Waals surface area (Å²) in [5.74, 6) is -0.270. The lowest BCUT2D eigenvalue weighted by atomic mass is 10.2. The summed E-state index contributed by atoms with van der Waals surface area (Å²) in [6, 6.07) is 4.73. The summed E-state index contributed by atoms with van der Waals surface area (Å²) in [5, 5.41) is 2.71. The molecule has 1 aromatic rings. The second kappa shape index (κ2) is 9.55. The molecule has 0 spiro atoms. The molecule has 0 saturated heterocycles. The zero-order chi connectivity index (χ0) is 16.4. The van der Waals surface area contributed by atoms with E-state index in [9.17, 15) is 9.59 Å². The molecule has 0 fully saturated rings. The fraction of sp³-hybridized carbons (Fsp3) is 0.438. The van der Waals surface area contributed by atoms with Gasteiger partial charge in [0.25, 0.3) is 0 Å². The zero-order valence-electron chi connectivity index (χ0n) is 13.2. The molecule has 120 valence electrons. The number of aliphatic imine (C=N–C) groups is 1. The molecular weight excluding hydrogens is 284 g/mol. The number of esters is 1. The lowest BCUT2D eigenvalue weighted by Gasteiger charge is -2.11. The van der Waals surface area contributed by atoms with E-state index in [1.807, 2.05) is 6.92 Å². The number of methoxy groups -OCH3 is 1. The van der Waals surface area contributed by atoms with Crippen LogP contribution >= 0.6 is 0 Å². The molecule has 0 aliphatic carbocycles. The number of carbonyl (C=O) groups excluding carboxylic acids is 2. The van der Waals surface area contributed by atoms with Gasteiger partial charge in [0, 0.05) is 0 Å². The van der Waals surface area contributed by atoms with Gasteiger partial charge in [-0.3, -0.25) is 9.79 Å². The Morgan fingerprint density at radius 2 is 2.09 bits per heavy atom. The van der Waals surface area contributed by atoms with E-state index < -0.39 is 5.97 Å². The number of benzene rings is 1. The van der Waals surface area contributed by atoms with Crippen molar-refractivity contribution in [2.24, 2.45) is 4.99 Å². The van der Waals surface area contributed by atoms with Crippen LogP contribution in [0.2, 0.25) is 0 Å². The Labute approximate surface area is 130 Å². The van der Waals surface area contributed by atoms with Gasteiger partial charge in [0.1, 0.15) is 12.3 Å². The van der Waals surface area contributed by atoms with Crippen LogP contribution in [-0.2, 0) is 9.53 Å². The molecule has 0 aliphatic heterocycles. The Hall–Kier alpha value is -2.37. The molecule has 6 heteroatoms. The van der Waals surface area contributed by atoms with Crippen molar-refractivity contribution in [2.75, 3.05) is 25.6 Å². The van der Waals surface area contributed by atoms with Gasteiger partial charge in [0.2, 0.25) is 5.91 Å². The van der Waals surface area contributed by atoms with Crippen molar-refractivity contribution in [3.63, 3.8) is 0 Å². The van der Waals surface area contributed by atoms with Crippen LogP contribution in [0, 0.1) is 0 Å². The number of ether oxygens (including phenoxy) is 2. The van der Waals surface area contributed by atoms with Crippen LogP contribution in [0.25, 0.3) is 0 Å². The highest BCUT2D eigenvalue weighted by Crippen LogP contribution is 2.25. The number of nitrogens with zero attached hydrogens (tertiary/aromatic N) is 1. The third-order valence-electron chi connectivity index (χ3n) is 2.77. The number of unbranched alkanes of at least 4 members (excludes halogenated alkanes) is 1. The van der Waals surface area contributed by atoms with Crippen LogP contribution in [0.15, 0.2) is 23.2 Å². The summed E-state index contributed by atoms with van der Waals surface area (Å²) < 4.78 is 10.1. The standard InChI is InChI=1S/C16H22N2O4/c1-4-6-9-17-11-15(19)18-13-8-7-12(10-14(13)21-3)16(20)22-5-2/h7-10H,4-6,11H2,1-3H3,(H,18,19). The van der Waals surface area contributed by atoms with Crippen molar-refractivity contribution in [1.29, 1.82) is 0 Å². The summed E-state index contributed by atoms with van der Waals surface area (Å²) >= 11 is 0. The monoisotopic (exact) mass is 306 g/mol. The minimum atomic E-state index is -0.428. The number of nitrogens with one attached hydrogen (secondary N) is 1. The first-order chi connectivity index (χ1) is 10.6. The fourth-order valence-corrected chi connectivity index (χ4v) is 1.69. The third-order valence-corrected chi connectivity index (χ3v) is 2.77. The van der Waals surface area contributed by atoms with Crippen LogP contribution < -0.4 is 10.1 Å². The quantitative estimate of drug-likeness (QED) is 0.591. The van der Waals surface area contributed by atoms with E-state index in [1.165, 1.54) is 13.2 Å². The minimum absolute atomic E-state index is 0.0583. The number of carbonyl (C=O) groups is 2. The van der Waals surface area contributed by atoms with Crippen LogP contribution in [0.4, 0.5) is 5.69 Å². The Morgan fingerprint density at radius 3 is 2.73 bits per heavy atom. The van der Waals surface area contributed by atoms with Crippen molar-refractivity contribution >= 4 is 23.8 Å². The minimum Gasteiger partial charge on any atom is -0.495 e. The molecule has 0 aliphatic rings. The van der Waals surface area contributed by atoms with Crippen LogP contribution in [-0.4, -0.2) is 38.4 Å².